The van der Waals surface area contributed by atoms with Gasteiger partial charge in [-0.3, -0.25) is 4.90 Å². The van der Waals surface area contributed by atoms with E-state index in [0.29, 0.717) is 0 Å². The fourth-order valence-corrected chi connectivity index (χ4v) is 2.61. The van der Waals surface area contributed by atoms with Crippen molar-refractivity contribution in [1.82, 2.24) is 9.88 Å². The number of aryl methyl sites for hydroxylation is 1. The van der Waals surface area contributed by atoms with Crippen molar-refractivity contribution in [3.8, 4) is 0 Å². The van der Waals surface area contributed by atoms with Crippen molar-refractivity contribution in [2.24, 2.45) is 0 Å². The van der Waals surface area contributed by atoms with Gasteiger partial charge in [0.2, 0.25) is 0 Å². The first-order chi connectivity index (χ1) is 7.81. The lowest BCUT2D eigenvalue weighted by Gasteiger charge is -2.35. The van der Waals surface area contributed by atoms with Crippen LogP contribution in [-0.4, -0.2) is 47.9 Å². The SMILES string of the molecule is Cc1cccnc1N1CCN(CCBr)CC1. The van der Waals surface area contributed by atoms with Crippen LogP contribution in [0.2, 0.25) is 0 Å². The van der Waals surface area contributed by atoms with Crippen LogP contribution in [0, 0.1) is 6.92 Å². The molecule has 0 aromatic carbocycles. The lowest BCUT2D eigenvalue weighted by Crippen LogP contribution is -2.47. The largest absolute Gasteiger partial charge is 0.354 e. The number of halogens is 1. The Morgan fingerprint density at radius 1 is 1.31 bits per heavy atom. The first-order valence-corrected chi connectivity index (χ1v) is 6.88. The Kier molecular flexibility index (Phi) is 4.18. The molecule has 1 aromatic heterocycles. The summed E-state index contributed by atoms with van der Waals surface area (Å²) in [5.74, 6) is 1.15. The molecule has 0 saturated carbocycles. The number of rotatable bonds is 3. The van der Waals surface area contributed by atoms with Gasteiger partial charge < -0.3 is 4.90 Å². The van der Waals surface area contributed by atoms with Gasteiger partial charge in [-0.1, -0.05) is 22.0 Å². The third-order valence-corrected chi connectivity index (χ3v) is 3.41. The van der Waals surface area contributed by atoms with Crippen molar-refractivity contribution in [1.29, 1.82) is 0 Å². The predicted molar refractivity (Wildman–Crippen MR) is 71.4 cm³/mol. The Hall–Kier alpha value is -0.610. The van der Waals surface area contributed by atoms with Gasteiger partial charge in [-0.15, -0.1) is 0 Å². The lowest BCUT2D eigenvalue weighted by molar-refractivity contribution is 0.273. The number of hydrogen-bond acceptors (Lipinski definition) is 3. The maximum Gasteiger partial charge on any atom is 0.131 e. The molecule has 0 spiro atoms. The van der Waals surface area contributed by atoms with Gasteiger partial charge in [0, 0.05) is 44.3 Å². The fraction of sp³-hybridized carbons (Fsp3) is 0.583. The summed E-state index contributed by atoms with van der Waals surface area (Å²) in [5, 5.41) is 1.07. The highest BCUT2D eigenvalue weighted by molar-refractivity contribution is 9.09. The molecule has 0 N–H and O–H groups in total. The first kappa shape index (κ1) is 11.9. The lowest BCUT2D eigenvalue weighted by atomic mass is 10.2. The average molecular weight is 284 g/mol. The molecule has 16 heavy (non-hydrogen) atoms. The molecule has 0 amide bonds. The van der Waals surface area contributed by atoms with Crippen molar-refractivity contribution in [2.75, 3.05) is 43.0 Å². The number of aromatic nitrogens is 1. The molecule has 0 aliphatic carbocycles. The van der Waals surface area contributed by atoms with Crippen LogP contribution in [0.1, 0.15) is 5.56 Å². The van der Waals surface area contributed by atoms with E-state index in [-0.39, 0.29) is 0 Å². The van der Waals surface area contributed by atoms with E-state index in [1.165, 1.54) is 5.56 Å². The molecular formula is C12H18BrN3. The monoisotopic (exact) mass is 283 g/mol. The van der Waals surface area contributed by atoms with Gasteiger partial charge in [0.25, 0.3) is 0 Å². The molecular weight excluding hydrogens is 266 g/mol. The molecule has 88 valence electrons. The van der Waals surface area contributed by atoms with Crippen LogP contribution in [0.15, 0.2) is 18.3 Å². The van der Waals surface area contributed by atoms with E-state index >= 15 is 0 Å². The average Bonchev–Trinajstić information content (AvgIpc) is 2.31. The smallest absolute Gasteiger partial charge is 0.131 e. The maximum atomic E-state index is 4.47. The molecule has 4 heteroatoms. The van der Waals surface area contributed by atoms with E-state index < -0.39 is 0 Å². The highest BCUT2D eigenvalue weighted by Gasteiger charge is 2.18. The van der Waals surface area contributed by atoms with E-state index in [9.17, 15) is 0 Å². The van der Waals surface area contributed by atoms with E-state index in [1.54, 1.807) is 0 Å². The molecule has 0 atom stereocenters. The predicted octanol–water partition coefficient (Wildman–Crippen LogP) is 1.91. The number of hydrogen-bond donors (Lipinski definition) is 0. The van der Waals surface area contributed by atoms with E-state index in [1.807, 2.05) is 12.3 Å². The number of nitrogens with zero attached hydrogens (tertiary/aromatic N) is 3. The van der Waals surface area contributed by atoms with Gasteiger partial charge in [-0.2, -0.15) is 0 Å². The second-order valence-corrected chi connectivity index (χ2v) is 4.95. The van der Waals surface area contributed by atoms with Crippen LogP contribution in [0.4, 0.5) is 5.82 Å². The quantitative estimate of drug-likeness (QED) is 0.790. The molecule has 0 bridgehead atoms. The van der Waals surface area contributed by atoms with Gasteiger partial charge in [-0.25, -0.2) is 4.98 Å². The second-order valence-electron chi connectivity index (χ2n) is 4.16. The van der Waals surface area contributed by atoms with Crippen molar-refractivity contribution in [2.45, 2.75) is 6.92 Å². The molecule has 0 unspecified atom stereocenters. The molecule has 3 nitrogen and oxygen atoms in total. The van der Waals surface area contributed by atoms with E-state index in [0.717, 1.165) is 43.9 Å². The Morgan fingerprint density at radius 3 is 2.69 bits per heavy atom. The van der Waals surface area contributed by atoms with Crippen molar-refractivity contribution >= 4 is 21.7 Å². The van der Waals surface area contributed by atoms with Crippen molar-refractivity contribution in [3.63, 3.8) is 0 Å². The van der Waals surface area contributed by atoms with Crippen LogP contribution in [-0.2, 0) is 0 Å². The second kappa shape index (κ2) is 5.64. The normalized spacial score (nSPS) is 17.8. The summed E-state index contributed by atoms with van der Waals surface area (Å²) in [6, 6.07) is 4.13. The third-order valence-electron chi connectivity index (χ3n) is 3.05. The van der Waals surface area contributed by atoms with Gasteiger partial charge in [0.15, 0.2) is 0 Å². The van der Waals surface area contributed by atoms with Crippen LogP contribution < -0.4 is 4.90 Å². The van der Waals surface area contributed by atoms with Gasteiger partial charge in [-0.05, 0) is 18.6 Å². The summed E-state index contributed by atoms with van der Waals surface area (Å²) in [6.07, 6.45) is 1.88. The summed E-state index contributed by atoms with van der Waals surface area (Å²) < 4.78 is 0. The molecule has 1 aliphatic heterocycles. The standard InChI is InChI=1S/C12H18BrN3/c1-11-3-2-5-14-12(11)16-9-7-15(6-4-13)8-10-16/h2-3,5H,4,6-10H2,1H3. The molecule has 2 heterocycles. The summed E-state index contributed by atoms with van der Waals surface area (Å²) in [6.45, 7) is 7.74. The van der Waals surface area contributed by atoms with Gasteiger partial charge in [0.05, 0.1) is 0 Å². The summed E-state index contributed by atoms with van der Waals surface area (Å²) >= 11 is 3.49. The topological polar surface area (TPSA) is 19.4 Å². The minimum Gasteiger partial charge on any atom is -0.354 e. The Bertz CT molecular complexity index is 335. The number of piperazine rings is 1. The molecule has 1 fully saturated rings. The molecule has 1 saturated heterocycles. The zero-order chi connectivity index (χ0) is 11.4. The molecule has 0 radical (unpaired) electrons. The molecule has 2 rings (SSSR count). The Morgan fingerprint density at radius 2 is 2.06 bits per heavy atom. The number of alkyl halides is 1. The maximum absolute atomic E-state index is 4.47. The highest BCUT2D eigenvalue weighted by atomic mass is 79.9. The summed E-state index contributed by atoms with van der Waals surface area (Å²) in [5.41, 5.74) is 1.27. The minimum absolute atomic E-state index is 1.07. The first-order valence-electron chi connectivity index (χ1n) is 5.76. The van der Waals surface area contributed by atoms with Crippen molar-refractivity contribution < 1.29 is 0 Å². The zero-order valence-electron chi connectivity index (χ0n) is 9.69. The highest BCUT2D eigenvalue weighted by Crippen LogP contribution is 2.17. The minimum atomic E-state index is 1.07. The molecule has 1 aliphatic rings. The number of anilines is 1. The summed E-state index contributed by atoms with van der Waals surface area (Å²) in [7, 11) is 0. The van der Waals surface area contributed by atoms with Gasteiger partial charge in [0.1, 0.15) is 5.82 Å². The Labute approximate surface area is 106 Å². The fourth-order valence-electron chi connectivity index (χ4n) is 2.11. The van der Waals surface area contributed by atoms with Gasteiger partial charge >= 0.3 is 0 Å². The number of pyridine rings is 1. The van der Waals surface area contributed by atoms with Crippen molar-refractivity contribution in [3.05, 3.63) is 23.9 Å². The summed E-state index contributed by atoms with van der Waals surface area (Å²) in [4.78, 5) is 9.35. The zero-order valence-corrected chi connectivity index (χ0v) is 11.3. The third kappa shape index (κ3) is 2.74. The van der Waals surface area contributed by atoms with Crippen LogP contribution >= 0.6 is 15.9 Å². The van der Waals surface area contributed by atoms with E-state index in [2.05, 4.69) is 43.7 Å². The van der Waals surface area contributed by atoms with Crippen LogP contribution in [0.5, 0.6) is 0 Å². The van der Waals surface area contributed by atoms with Crippen LogP contribution in [0.3, 0.4) is 0 Å². The molecule has 1 aromatic rings. The van der Waals surface area contributed by atoms with E-state index in [4.69, 9.17) is 0 Å². The van der Waals surface area contributed by atoms with Crippen LogP contribution in [0.25, 0.3) is 0 Å². The Balaban J connectivity index is 1.96.